The summed E-state index contributed by atoms with van der Waals surface area (Å²) in [7, 11) is 0. The van der Waals surface area contributed by atoms with Crippen molar-refractivity contribution in [1.29, 1.82) is 5.26 Å². The van der Waals surface area contributed by atoms with Crippen LogP contribution in [0.15, 0.2) is 18.2 Å². The van der Waals surface area contributed by atoms with Crippen LogP contribution in [0.25, 0.3) is 0 Å². The first-order chi connectivity index (χ1) is 9.96. The van der Waals surface area contributed by atoms with Crippen LogP contribution >= 0.6 is 0 Å². The smallest absolute Gasteiger partial charge is 0.313 e. The normalized spacial score (nSPS) is 24.5. The lowest BCUT2D eigenvalue weighted by Gasteiger charge is -2.23. The third-order valence-electron chi connectivity index (χ3n) is 3.92. The van der Waals surface area contributed by atoms with E-state index in [0.717, 1.165) is 25.0 Å². The van der Waals surface area contributed by atoms with Gasteiger partial charge in [0.05, 0.1) is 23.7 Å². The number of nitro benzene ring substituents is 1. The number of hydrogen-bond donors (Lipinski definition) is 1. The molecule has 2 N–H and O–H groups in total. The van der Waals surface area contributed by atoms with Gasteiger partial charge in [0.25, 0.3) is 0 Å². The van der Waals surface area contributed by atoms with Crippen molar-refractivity contribution in [3.63, 3.8) is 0 Å². The lowest BCUT2D eigenvalue weighted by atomic mass is 9.87. The number of nitro groups is 1. The molecule has 1 aliphatic rings. The van der Waals surface area contributed by atoms with Crippen molar-refractivity contribution in [1.82, 2.24) is 0 Å². The summed E-state index contributed by atoms with van der Waals surface area (Å²) >= 11 is 0. The topological polar surface area (TPSA) is 102 Å². The maximum absolute atomic E-state index is 13.0. The quantitative estimate of drug-likeness (QED) is 0.663. The second-order valence-corrected chi connectivity index (χ2v) is 5.25. The molecule has 2 unspecified atom stereocenters. The maximum Gasteiger partial charge on any atom is 0.313 e. The maximum atomic E-state index is 13.0. The third kappa shape index (κ3) is 3.28. The molecule has 0 heterocycles. The Kier molecular flexibility index (Phi) is 4.38. The molecule has 1 aliphatic carbocycles. The van der Waals surface area contributed by atoms with E-state index in [-0.39, 0.29) is 18.3 Å². The van der Waals surface area contributed by atoms with Crippen molar-refractivity contribution in [2.45, 2.75) is 31.2 Å². The minimum Gasteiger partial charge on any atom is -0.487 e. The van der Waals surface area contributed by atoms with Crippen molar-refractivity contribution in [3.05, 3.63) is 34.1 Å². The fourth-order valence-corrected chi connectivity index (χ4v) is 2.72. The molecule has 0 aliphatic heterocycles. The Balaban J connectivity index is 1.98. The Hall–Kier alpha value is -2.20. The van der Waals surface area contributed by atoms with E-state index in [9.17, 15) is 14.5 Å². The Labute approximate surface area is 121 Å². The van der Waals surface area contributed by atoms with E-state index in [1.165, 1.54) is 6.07 Å². The van der Waals surface area contributed by atoms with Crippen LogP contribution in [-0.4, -0.2) is 17.1 Å². The van der Waals surface area contributed by atoms with Crippen LogP contribution in [-0.2, 0) is 0 Å². The summed E-state index contributed by atoms with van der Waals surface area (Å²) in [5.74, 6) is -0.642. The van der Waals surface area contributed by atoms with Crippen molar-refractivity contribution in [2.24, 2.45) is 11.7 Å². The fraction of sp³-hybridized carbons (Fsp3) is 0.500. The van der Waals surface area contributed by atoms with Gasteiger partial charge in [-0.15, -0.1) is 0 Å². The van der Waals surface area contributed by atoms with Crippen LogP contribution in [0.3, 0.4) is 0 Å². The summed E-state index contributed by atoms with van der Waals surface area (Å²) in [5.41, 5.74) is 4.77. The predicted molar refractivity (Wildman–Crippen MR) is 73.0 cm³/mol. The molecule has 0 aromatic heterocycles. The van der Waals surface area contributed by atoms with Crippen LogP contribution in [0.1, 0.15) is 25.7 Å². The average Bonchev–Trinajstić information content (AvgIpc) is 2.82. The van der Waals surface area contributed by atoms with E-state index in [2.05, 4.69) is 6.07 Å². The van der Waals surface area contributed by atoms with Gasteiger partial charge in [-0.05, 0) is 37.3 Å². The van der Waals surface area contributed by atoms with Crippen molar-refractivity contribution in [3.8, 4) is 11.8 Å². The number of benzene rings is 1. The summed E-state index contributed by atoms with van der Waals surface area (Å²) in [6, 6.07) is 5.32. The average molecular weight is 293 g/mol. The van der Waals surface area contributed by atoms with E-state index in [4.69, 9.17) is 15.7 Å². The largest absolute Gasteiger partial charge is 0.487 e. The zero-order valence-electron chi connectivity index (χ0n) is 11.4. The molecule has 1 fully saturated rings. The molecule has 1 aromatic carbocycles. The highest BCUT2D eigenvalue weighted by atomic mass is 19.1. The minimum atomic E-state index is -0.835. The van der Waals surface area contributed by atoms with Gasteiger partial charge in [0.2, 0.25) is 0 Å². The van der Waals surface area contributed by atoms with E-state index in [0.29, 0.717) is 12.8 Å². The summed E-state index contributed by atoms with van der Waals surface area (Å²) < 4.78 is 18.4. The SMILES string of the molecule is N#CC1(N)CCCC1CCOc1ccc(F)cc1[N+](=O)[O-]. The predicted octanol–water partition coefficient (Wildman–Crippen LogP) is 2.52. The second-order valence-electron chi connectivity index (χ2n) is 5.25. The second kappa shape index (κ2) is 6.06. The first-order valence-electron chi connectivity index (χ1n) is 6.73. The molecule has 0 saturated heterocycles. The number of nitrogens with two attached hydrogens (primary N) is 1. The van der Waals surface area contributed by atoms with Gasteiger partial charge in [0.1, 0.15) is 11.4 Å². The number of halogens is 1. The Morgan fingerprint density at radius 2 is 2.38 bits per heavy atom. The zero-order valence-corrected chi connectivity index (χ0v) is 11.4. The monoisotopic (exact) mass is 293 g/mol. The van der Waals surface area contributed by atoms with Gasteiger partial charge in [0, 0.05) is 0 Å². The molecule has 7 heteroatoms. The summed E-state index contributed by atoms with van der Waals surface area (Å²) in [6.07, 6.45) is 2.94. The summed E-state index contributed by atoms with van der Waals surface area (Å²) in [4.78, 5) is 10.2. The highest BCUT2D eigenvalue weighted by molar-refractivity contribution is 5.46. The number of rotatable bonds is 5. The van der Waals surface area contributed by atoms with E-state index in [1.54, 1.807) is 0 Å². The minimum absolute atomic E-state index is 0.0157. The molecule has 1 saturated carbocycles. The van der Waals surface area contributed by atoms with Gasteiger partial charge in [0.15, 0.2) is 5.75 Å². The van der Waals surface area contributed by atoms with Gasteiger partial charge in [-0.2, -0.15) is 5.26 Å². The Morgan fingerprint density at radius 3 is 3.05 bits per heavy atom. The van der Waals surface area contributed by atoms with Crippen molar-refractivity contribution >= 4 is 5.69 Å². The molecular weight excluding hydrogens is 277 g/mol. The van der Waals surface area contributed by atoms with Crippen molar-refractivity contribution < 1.29 is 14.1 Å². The van der Waals surface area contributed by atoms with Crippen LogP contribution < -0.4 is 10.5 Å². The molecule has 112 valence electrons. The van der Waals surface area contributed by atoms with Gasteiger partial charge in [-0.1, -0.05) is 6.42 Å². The molecule has 2 rings (SSSR count). The number of ether oxygens (including phenoxy) is 1. The van der Waals surface area contributed by atoms with Gasteiger partial charge in [-0.3, -0.25) is 10.1 Å². The summed E-state index contributed by atoms with van der Waals surface area (Å²) in [5, 5.41) is 20.0. The van der Waals surface area contributed by atoms with Gasteiger partial charge >= 0.3 is 5.69 Å². The van der Waals surface area contributed by atoms with Crippen LogP contribution in [0.5, 0.6) is 5.75 Å². The molecular formula is C14H16FN3O3. The molecule has 2 atom stereocenters. The molecule has 0 radical (unpaired) electrons. The first-order valence-corrected chi connectivity index (χ1v) is 6.73. The van der Waals surface area contributed by atoms with Crippen LogP contribution in [0, 0.1) is 33.2 Å². The van der Waals surface area contributed by atoms with E-state index >= 15 is 0 Å². The van der Waals surface area contributed by atoms with Crippen LogP contribution in [0.4, 0.5) is 10.1 Å². The van der Waals surface area contributed by atoms with Gasteiger partial charge < -0.3 is 10.5 Å². The summed E-state index contributed by atoms with van der Waals surface area (Å²) in [6.45, 7) is 0.206. The standard InChI is InChI=1S/C14H16FN3O3/c15-11-3-4-13(12(8-11)18(19)20)21-7-5-10-2-1-6-14(10,17)9-16/h3-4,8,10H,1-2,5-7,17H2. The third-order valence-corrected chi connectivity index (χ3v) is 3.92. The van der Waals surface area contributed by atoms with E-state index in [1.807, 2.05) is 0 Å². The molecule has 6 nitrogen and oxygen atoms in total. The molecule has 0 bridgehead atoms. The fourth-order valence-electron chi connectivity index (χ4n) is 2.72. The highest BCUT2D eigenvalue weighted by Crippen LogP contribution is 2.36. The number of nitrogens with zero attached hydrogens (tertiary/aromatic N) is 2. The lowest BCUT2D eigenvalue weighted by molar-refractivity contribution is -0.386. The van der Waals surface area contributed by atoms with Crippen LogP contribution in [0.2, 0.25) is 0 Å². The van der Waals surface area contributed by atoms with E-state index < -0.39 is 22.0 Å². The zero-order chi connectivity index (χ0) is 15.5. The Morgan fingerprint density at radius 1 is 1.62 bits per heavy atom. The number of nitriles is 1. The Bertz CT molecular complexity index is 587. The molecule has 1 aromatic rings. The molecule has 0 spiro atoms. The van der Waals surface area contributed by atoms with Crippen molar-refractivity contribution in [2.75, 3.05) is 6.61 Å². The molecule has 0 amide bonds. The molecule has 21 heavy (non-hydrogen) atoms. The first kappa shape index (κ1) is 15.2. The van der Waals surface area contributed by atoms with Gasteiger partial charge in [-0.25, -0.2) is 4.39 Å². The number of hydrogen-bond acceptors (Lipinski definition) is 5. The lowest BCUT2D eigenvalue weighted by Crippen LogP contribution is -2.42. The highest BCUT2D eigenvalue weighted by Gasteiger charge is 2.39.